The first kappa shape index (κ1) is 23.4. The van der Waals surface area contributed by atoms with Gasteiger partial charge < -0.3 is 9.47 Å². The number of nitrogens with zero attached hydrogens (tertiary/aromatic N) is 2. The molecule has 0 bridgehead atoms. The fourth-order valence-corrected chi connectivity index (χ4v) is 3.59. The fourth-order valence-electron chi connectivity index (χ4n) is 3.59. The molecule has 0 aliphatic heterocycles. The van der Waals surface area contributed by atoms with E-state index in [4.69, 9.17) is 9.47 Å². The summed E-state index contributed by atoms with van der Waals surface area (Å²) in [6, 6.07) is 27.3. The average molecular weight is 470 g/mol. The van der Waals surface area contributed by atoms with Gasteiger partial charge in [0.25, 0.3) is 11.4 Å². The summed E-state index contributed by atoms with van der Waals surface area (Å²) in [6.45, 7) is 4.23. The van der Waals surface area contributed by atoms with Crippen molar-refractivity contribution in [2.45, 2.75) is 19.3 Å². The van der Waals surface area contributed by atoms with Crippen molar-refractivity contribution in [1.29, 1.82) is 0 Å². The van der Waals surface area contributed by atoms with E-state index in [-0.39, 0.29) is 16.8 Å². The number of hydrogen-bond donors (Lipinski definition) is 0. The average Bonchev–Trinajstić information content (AvgIpc) is 2.85. The molecule has 0 radical (unpaired) electrons. The van der Waals surface area contributed by atoms with E-state index in [2.05, 4.69) is 13.8 Å². The molecule has 0 aliphatic rings. The zero-order valence-electron chi connectivity index (χ0n) is 19.1. The molecular formula is C27H22N2O6. The van der Waals surface area contributed by atoms with Crippen LogP contribution < -0.4 is 9.47 Å². The van der Waals surface area contributed by atoms with Crippen LogP contribution in [0.4, 0.5) is 11.4 Å². The Bertz CT molecular complexity index is 1230. The van der Waals surface area contributed by atoms with Crippen molar-refractivity contribution in [3.63, 3.8) is 0 Å². The van der Waals surface area contributed by atoms with Crippen LogP contribution in [0.15, 0.2) is 97.1 Å². The van der Waals surface area contributed by atoms with Crippen molar-refractivity contribution in [1.82, 2.24) is 0 Å². The van der Waals surface area contributed by atoms with Crippen molar-refractivity contribution in [3.05, 3.63) is 128 Å². The number of benzene rings is 4. The Labute approximate surface area is 201 Å². The second kappa shape index (κ2) is 9.64. The van der Waals surface area contributed by atoms with Gasteiger partial charge in [0.2, 0.25) is 0 Å². The highest BCUT2D eigenvalue weighted by Crippen LogP contribution is 2.35. The number of nitro groups is 2. The summed E-state index contributed by atoms with van der Waals surface area (Å²) in [5.74, 6) is 2.30. The minimum Gasteiger partial charge on any atom is -0.457 e. The maximum absolute atomic E-state index is 10.8. The summed E-state index contributed by atoms with van der Waals surface area (Å²) in [5, 5.41) is 21.6. The van der Waals surface area contributed by atoms with Gasteiger partial charge in [0.15, 0.2) is 0 Å². The van der Waals surface area contributed by atoms with Crippen LogP contribution in [0.1, 0.15) is 25.0 Å². The van der Waals surface area contributed by atoms with Crippen LogP contribution >= 0.6 is 0 Å². The molecular weight excluding hydrogens is 448 g/mol. The number of nitro benzene ring substituents is 2. The number of rotatable bonds is 8. The topological polar surface area (TPSA) is 105 Å². The zero-order chi connectivity index (χ0) is 25.0. The SMILES string of the molecule is CC(C)(c1ccc(Oc2ccc([N+](=O)[O-])cc2)cc1)c1ccc(Oc2ccc([N+](=O)[O-])cc2)cc1. The van der Waals surface area contributed by atoms with Crippen molar-refractivity contribution >= 4 is 11.4 Å². The Morgan fingerprint density at radius 3 is 1.03 bits per heavy atom. The summed E-state index contributed by atoms with van der Waals surface area (Å²) >= 11 is 0. The lowest BCUT2D eigenvalue weighted by atomic mass is 9.78. The van der Waals surface area contributed by atoms with E-state index in [0.717, 1.165) is 11.1 Å². The standard InChI is InChI=1S/C27H22N2O6/c1-27(2,19-3-11-23(12-4-19)34-25-15-7-21(8-16-25)28(30)31)20-5-13-24(14-6-20)35-26-17-9-22(10-18-26)29(32)33/h3-18H,1-2H3. The van der Waals surface area contributed by atoms with Gasteiger partial charge in [-0.2, -0.15) is 0 Å². The lowest BCUT2D eigenvalue weighted by Crippen LogP contribution is -2.18. The molecule has 8 heteroatoms. The monoisotopic (exact) mass is 470 g/mol. The first-order chi connectivity index (χ1) is 16.7. The molecule has 8 nitrogen and oxygen atoms in total. The molecule has 0 saturated heterocycles. The largest absolute Gasteiger partial charge is 0.457 e. The molecule has 0 heterocycles. The molecule has 4 aromatic carbocycles. The zero-order valence-corrected chi connectivity index (χ0v) is 19.1. The molecule has 0 unspecified atom stereocenters. The highest BCUT2D eigenvalue weighted by atomic mass is 16.6. The maximum atomic E-state index is 10.8. The molecule has 35 heavy (non-hydrogen) atoms. The van der Waals surface area contributed by atoms with Crippen molar-refractivity contribution in [2.24, 2.45) is 0 Å². The Morgan fingerprint density at radius 1 is 0.514 bits per heavy atom. The van der Waals surface area contributed by atoms with Gasteiger partial charge in [0.1, 0.15) is 23.0 Å². The van der Waals surface area contributed by atoms with Crippen molar-refractivity contribution < 1.29 is 19.3 Å². The summed E-state index contributed by atoms with van der Waals surface area (Å²) in [6.07, 6.45) is 0. The van der Waals surface area contributed by atoms with Gasteiger partial charge in [-0.15, -0.1) is 0 Å². The minimum atomic E-state index is -0.449. The Kier molecular flexibility index (Phi) is 6.46. The smallest absolute Gasteiger partial charge is 0.269 e. The Balaban J connectivity index is 1.43. The van der Waals surface area contributed by atoms with E-state index in [9.17, 15) is 20.2 Å². The maximum Gasteiger partial charge on any atom is 0.269 e. The normalized spacial score (nSPS) is 11.0. The van der Waals surface area contributed by atoms with Crippen LogP contribution in [0.2, 0.25) is 0 Å². The molecule has 0 amide bonds. The second-order valence-electron chi connectivity index (χ2n) is 8.38. The summed E-state index contributed by atoms with van der Waals surface area (Å²) in [4.78, 5) is 20.7. The lowest BCUT2D eigenvalue weighted by Gasteiger charge is -2.26. The third-order valence-electron chi connectivity index (χ3n) is 5.72. The Hall–Kier alpha value is -4.72. The molecule has 0 aromatic heterocycles. The van der Waals surface area contributed by atoms with E-state index in [1.54, 1.807) is 24.3 Å². The van der Waals surface area contributed by atoms with Crippen LogP contribution in [0.25, 0.3) is 0 Å². The molecule has 0 N–H and O–H groups in total. The molecule has 0 saturated carbocycles. The van der Waals surface area contributed by atoms with Gasteiger partial charge in [-0.3, -0.25) is 20.2 Å². The number of non-ortho nitro benzene ring substituents is 2. The van der Waals surface area contributed by atoms with Gasteiger partial charge >= 0.3 is 0 Å². The quantitative estimate of drug-likeness (QED) is 0.196. The summed E-state index contributed by atoms with van der Waals surface area (Å²) in [7, 11) is 0. The van der Waals surface area contributed by atoms with Crippen LogP contribution in [0, 0.1) is 20.2 Å². The highest BCUT2D eigenvalue weighted by Gasteiger charge is 2.23. The van der Waals surface area contributed by atoms with Crippen LogP contribution in [0.3, 0.4) is 0 Å². The third kappa shape index (κ3) is 5.44. The third-order valence-corrected chi connectivity index (χ3v) is 5.72. The first-order valence-electron chi connectivity index (χ1n) is 10.8. The number of ether oxygens (including phenoxy) is 2. The van der Waals surface area contributed by atoms with Crippen LogP contribution in [-0.2, 0) is 5.41 Å². The predicted octanol–water partition coefficient (Wildman–Crippen LogP) is 7.41. The van der Waals surface area contributed by atoms with Crippen LogP contribution in [0.5, 0.6) is 23.0 Å². The van der Waals surface area contributed by atoms with Crippen molar-refractivity contribution in [3.8, 4) is 23.0 Å². The Morgan fingerprint density at radius 2 is 0.771 bits per heavy atom. The lowest BCUT2D eigenvalue weighted by molar-refractivity contribution is -0.385. The fraction of sp³-hybridized carbons (Fsp3) is 0.111. The molecule has 0 fully saturated rings. The molecule has 0 atom stereocenters. The van der Waals surface area contributed by atoms with Gasteiger partial charge in [0.05, 0.1) is 9.85 Å². The second-order valence-corrected chi connectivity index (χ2v) is 8.38. The van der Waals surface area contributed by atoms with Crippen LogP contribution in [-0.4, -0.2) is 9.85 Å². The van der Waals surface area contributed by atoms with E-state index in [1.807, 2.05) is 48.5 Å². The predicted molar refractivity (Wildman–Crippen MR) is 131 cm³/mol. The summed E-state index contributed by atoms with van der Waals surface area (Å²) in [5.41, 5.74) is 1.89. The van der Waals surface area contributed by atoms with E-state index >= 15 is 0 Å². The highest BCUT2D eigenvalue weighted by molar-refractivity contribution is 5.45. The van der Waals surface area contributed by atoms with Gasteiger partial charge in [0, 0.05) is 29.7 Å². The van der Waals surface area contributed by atoms with E-state index in [1.165, 1.54) is 24.3 Å². The molecule has 0 aliphatic carbocycles. The van der Waals surface area contributed by atoms with Gasteiger partial charge in [-0.1, -0.05) is 38.1 Å². The molecule has 4 rings (SSSR count). The molecule has 176 valence electrons. The van der Waals surface area contributed by atoms with E-state index in [0.29, 0.717) is 23.0 Å². The number of hydrogen-bond acceptors (Lipinski definition) is 6. The summed E-state index contributed by atoms with van der Waals surface area (Å²) < 4.78 is 11.6. The van der Waals surface area contributed by atoms with Crippen molar-refractivity contribution in [2.75, 3.05) is 0 Å². The minimum absolute atomic E-state index is 0.0126. The first-order valence-corrected chi connectivity index (χ1v) is 10.8. The molecule has 0 spiro atoms. The van der Waals surface area contributed by atoms with E-state index < -0.39 is 9.85 Å². The van der Waals surface area contributed by atoms with Gasteiger partial charge in [-0.05, 0) is 59.7 Å². The molecule has 4 aromatic rings. The van der Waals surface area contributed by atoms with Gasteiger partial charge in [-0.25, -0.2) is 0 Å².